The highest BCUT2D eigenvalue weighted by Gasteiger charge is 2.25. The average Bonchev–Trinajstić information content (AvgIpc) is 2.14. The predicted molar refractivity (Wildman–Crippen MR) is 62.8 cm³/mol. The van der Waals surface area contributed by atoms with Crippen LogP contribution in [0.1, 0.15) is 40.0 Å². The summed E-state index contributed by atoms with van der Waals surface area (Å²) in [6, 6.07) is 0.453. The number of hydrogen-bond acceptors (Lipinski definition) is 1. The minimum Gasteiger partial charge on any atom is -0.335 e. The van der Waals surface area contributed by atoms with Gasteiger partial charge in [-0.3, -0.25) is 0 Å². The van der Waals surface area contributed by atoms with Crippen molar-refractivity contribution in [2.75, 3.05) is 13.6 Å². The fourth-order valence-corrected chi connectivity index (χ4v) is 2.49. The van der Waals surface area contributed by atoms with Crippen molar-refractivity contribution in [3.63, 3.8) is 0 Å². The van der Waals surface area contributed by atoms with E-state index in [4.69, 9.17) is 0 Å². The van der Waals surface area contributed by atoms with Crippen LogP contribution in [-0.4, -0.2) is 30.6 Å². The van der Waals surface area contributed by atoms with Crippen LogP contribution in [0, 0.1) is 11.8 Å². The SMILES string of the molecule is CCN(C)C(=O)NC1CC(C)CC(C)C1. The molecule has 15 heavy (non-hydrogen) atoms. The summed E-state index contributed by atoms with van der Waals surface area (Å²) < 4.78 is 0. The molecule has 0 radical (unpaired) electrons. The molecule has 0 heterocycles. The molecule has 3 heteroatoms. The summed E-state index contributed by atoms with van der Waals surface area (Å²) in [7, 11) is 1.84. The Bertz CT molecular complexity index is 208. The second kappa shape index (κ2) is 5.38. The highest BCUT2D eigenvalue weighted by molar-refractivity contribution is 5.74. The van der Waals surface area contributed by atoms with Crippen LogP contribution >= 0.6 is 0 Å². The van der Waals surface area contributed by atoms with Gasteiger partial charge in [0, 0.05) is 19.6 Å². The molecule has 0 aromatic heterocycles. The first kappa shape index (κ1) is 12.3. The Hall–Kier alpha value is -0.730. The highest BCUT2D eigenvalue weighted by atomic mass is 16.2. The summed E-state index contributed by atoms with van der Waals surface area (Å²) >= 11 is 0. The molecule has 1 saturated carbocycles. The molecule has 1 aliphatic rings. The molecule has 1 N–H and O–H groups in total. The number of hydrogen-bond donors (Lipinski definition) is 1. The van der Waals surface area contributed by atoms with Gasteiger partial charge in [-0.2, -0.15) is 0 Å². The molecule has 2 unspecified atom stereocenters. The molecule has 1 aliphatic carbocycles. The smallest absolute Gasteiger partial charge is 0.317 e. The van der Waals surface area contributed by atoms with E-state index in [0.29, 0.717) is 6.04 Å². The third-order valence-electron chi connectivity index (χ3n) is 3.33. The molecule has 0 aromatic rings. The molecule has 0 bridgehead atoms. The first-order valence-electron chi connectivity index (χ1n) is 6.04. The summed E-state index contributed by atoms with van der Waals surface area (Å²) in [5, 5.41) is 3.12. The third kappa shape index (κ3) is 3.73. The van der Waals surface area contributed by atoms with Gasteiger partial charge in [-0.25, -0.2) is 4.79 Å². The Kier molecular flexibility index (Phi) is 4.43. The molecule has 1 rings (SSSR count). The van der Waals surface area contributed by atoms with Crippen molar-refractivity contribution in [1.29, 1.82) is 0 Å². The molecule has 2 atom stereocenters. The van der Waals surface area contributed by atoms with Gasteiger partial charge in [0.15, 0.2) is 0 Å². The summed E-state index contributed by atoms with van der Waals surface area (Å²) in [5.74, 6) is 1.48. The fraction of sp³-hybridized carbons (Fsp3) is 0.917. The van der Waals surface area contributed by atoms with Crippen molar-refractivity contribution in [3.8, 4) is 0 Å². The van der Waals surface area contributed by atoms with Gasteiger partial charge in [0.25, 0.3) is 0 Å². The van der Waals surface area contributed by atoms with E-state index in [1.165, 1.54) is 6.42 Å². The molecule has 0 aliphatic heterocycles. The third-order valence-corrected chi connectivity index (χ3v) is 3.33. The van der Waals surface area contributed by atoms with E-state index in [2.05, 4.69) is 19.2 Å². The first-order valence-corrected chi connectivity index (χ1v) is 6.04. The molecule has 0 aromatic carbocycles. The largest absolute Gasteiger partial charge is 0.335 e. The van der Waals surface area contributed by atoms with E-state index < -0.39 is 0 Å². The van der Waals surface area contributed by atoms with E-state index in [0.717, 1.165) is 31.2 Å². The standard InChI is InChI=1S/C12H24N2O/c1-5-14(4)12(15)13-11-7-9(2)6-10(3)8-11/h9-11H,5-8H2,1-4H3,(H,13,15). The van der Waals surface area contributed by atoms with Gasteiger partial charge in [-0.05, 0) is 38.0 Å². The van der Waals surface area contributed by atoms with Crippen molar-refractivity contribution >= 4 is 6.03 Å². The van der Waals surface area contributed by atoms with Crippen molar-refractivity contribution in [3.05, 3.63) is 0 Å². The summed E-state index contributed by atoms with van der Waals surface area (Å²) in [6.07, 6.45) is 3.57. The summed E-state index contributed by atoms with van der Waals surface area (Å²) in [6.45, 7) is 7.31. The fourth-order valence-electron chi connectivity index (χ4n) is 2.49. The Morgan fingerprint density at radius 3 is 2.27 bits per heavy atom. The average molecular weight is 212 g/mol. The number of urea groups is 1. The topological polar surface area (TPSA) is 32.3 Å². The Morgan fingerprint density at radius 2 is 1.80 bits per heavy atom. The Balaban J connectivity index is 2.40. The van der Waals surface area contributed by atoms with Gasteiger partial charge in [0.05, 0.1) is 0 Å². The van der Waals surface area contributed by atoms with E-state index in [1.807, 2.05) is 14.0 Å². The first-order chi connectivity index (χ1) is 7.02. The Morgan fingerprint density at radius 1 is 1.27 bits per heavy atom. The lowest BCUT2D eigenvalue weighted by Gasteiger charge is -2.32. The minimum absolute atomic E-state index is 0.0730. The lowest BCUT2D eigenvalue weighted by Crippen LogP contribution is -2.45. The second-order valence-corrected chi connectivity index (χ2v) is 5.08. The Labute approximate surface area is 93.2 Å². The zero-order valence-corrected chi connectivity index (χ0v) is 10.4. The van der Waals surface area contributed by atoms with Crippen LogP contribution in [0.4, 0.5) is 4.79 Å². The molecule has 0 saturated heterocycles. The van der Waals surface area contributed by atoms with Crippen molar-refractivity contribution in [2.45, 2.75) is 46.1 Å². The zero-order chi connectivity index (χ0) is 11.4. The molecular formula is C12H24N2O. The molecule has 1 fully saturated rings. The summed E-state index contributed by atoms with van der Waals surface area (Å²) in [4.78, 5) is 13.4. The normalized spacial score (nSPS) is 31.1. The van der Waals surface area contributed by atoms with E-state index in [-0.39, 0.29) is 6.03 Å². The number of rotatable bonds is 2. The van der Waals surface area contributed by atoms with Crippen LogP contribution in [0.15, 0.2) is 0 Å². The minimum atomic E-state index is 0.0730. The van der Waals surface area contributed by atoms with Gasteiger partial charge in [-0.1, -0.05) is 13.8 Å². The van der Waals surface area contributed by atoms with Crippen molar-refractivity contribution in [2.24, 2.45) is 11.8 Å². The zero-order valence-electron chi connectivity index (χ0n) is 10.4. The molecule has 88 valence electrons. The monoisotopic (exact) mass is 212 g/mol. The molecule has 2 amide bonds. The number of nitrogens with one attached hydrogen (secondary N) is 1. The van der Waals surface area contributed by atoms with Gasteiger partial charge >= 0.3 is 6.03 Å². The molecular weight excluding hydrogens is 188 g/mol. The lowest BCUT2D eigenvalue weighted by atomic mass is 9.80. The summed E-state index contributed by atoms with van der Waals surface area (Å²) in [5.41, 5.74) is 0. The maximum Gasteiger partial charge on any atom is 0.317 e. The van der Waals surface area contributed by atoms with E-state index in [9.17, 15) is 4.79 Å². The maximum absolute atomic E-state index is 11.7. The maximum atomic E-state index is 11.7. The van der Waals surface area contributed by atoms with Gasteiger partial charge in [0.2, 0.25) is 0 Å². The number of carbonyl (C=O) groups is 1. The van der Waals surface area contributed by atoms with Crippen LogP contribution in [0.2, 0.25) is 0 Å². The quantitative estimate of drug-likeness (QED) is 0.749. The van der Waals surface area contributed by atoms with Gasteiger partial charge < -0.3 is 10.2 Å². The van der Waals surface area contributed by atoms with Crippen molar-refractivity contribution in [1.82, 2.24) is 10.2 Å². The highest BCUT2D eigenvalue weighted by Crippen LogP contribution is 2.28. The van der Waals surface area contributed by atoms with Crippen LogP contribution < -0.4 is 5.32 Å². The lowest BCUT2D eigenvalue weighted by molar-refractivity contribution is 0.189. The predicted octanol–water partition coefficient (Wildman–Crippen LogP) is 2.47. The number of carbonyl (C=O) groups excluding carboxylic acids is 1. The van der Waals surface area contributed by atoms with Gasteiger partial charge in [-0.15, -0.1) is 0 Å². The van der Waals surface area contributed by atoms with Crippen LogP contribution in [0.5, 0.6) is 0 Å². The molecule has 3 nitrogen and oxygen atoms in total. The number of nitrogens with zero attached hydrogens (tertiary/aromatic N) is 1. The van der Waals surface area contributed by atoms with E-state index in [1.54, 1.807) is 4.90 Å². The number of amides is 2. The van der Waals surface area contributed by atoms with Crippen LogP contribution in [0.25, 0.3) is 0 Å². The van der Waals surface area contributed by atoms with E-state index >= 15 is 0 Å². The van der Waals surface area contributed by atoms with Gasteiger partial charge in [0.1, 0.15) is 0 Å². The van der Waals surface area contributed by atoms with Crippen molar-refractivity contribution < 1.29 is 4.79 Å². The molecule has 0 spiro atoms. The second-order valence-electron chi connectivity index (χ2n) is 5.08. The van der Waals surface area contributed by atoms with Crippen LogP contribution in [0.3, 0.4) is 0 Å². The van der Waals surface area contributed by atoms with Crippen LogP contribution in [-0.2, 0) is 0 Å².